The molecule has 0 amide bonds. The summed E-state index contributed by atoms with van der Waals surface area (Å²) >= 11 is 0. The first-order valence-electron chi connectivity index (χ1n) is 4.02. The summed E-state index contributed by atoms with van der Waals surface area (Å²) in [5.41, 5.74) is -3.10. The molecule has 0 unspecified atom stereocenters. The molecule has 1 aromatic heterocycles. The summed E-state index contributed by atoms with van der Waals surface area (Å²) in [4.78, 5) is 22.0. The van der Waals surface area contributed by atoms with Gasteiger partial charge in [0.05, 0.1) is 11.5 Å². The van der Waals surface area contributed by atoms with E-state index in [1.807, 2.05) is 4.98 Å². The van der Waals surface area contributed by atoms with Crippen molar-refractivity contribution in [1.29, 1.82) is 0 Å². The normalized spacial score (nSPS) is 11.3. The number of nitrogens with zero attached hydrogens (tertiary/aromatic N) is 1. The lowest BCUT2D eigenvalue weighted by Gasteiger charge is -2.09. The molecule has 0 aromatic carbocycles. The van der Waals surface area contributed by atoms with Crippen LogP contribution in [0.15, 0.2) is 10.9 Å². The first-order valence-corrected chi connectivity index (χ1v) is 4.02. The van der Waals surface area contributed by atoms with E-state index in [0.717, 1.165) is 0 Å². The van der Waals surface area contributed by atoms with Crippen molar-refractivity contribution in [1.82, 2.24) is 4.98 Å². The quantitative estimate of drug-likeness (QED) is 0.609. The van der Waals surface area contributed by atoms with Gasteiger partial charge in [0.25, 0.3) is 0 Å². The predicted molar refractivity (Wildman–Crippen MR) is 46.3 cm³/mol. The number of nitrogens with one attached hydrogen (secondary N) is 1. The van der Waals surface area contributed by atoms with Crippen molar-refractivity contribution in [3.05, 3.63) is 32.2 Å². The zero-order chi connectivity index (χ0) is 13.2. The number of ether oxygens (including phenoxy) is 1. The van der Waals surface area contributed by atoms with E-state index in [1.54, 1.807) is 0 Å². The van der Waals surface area contributed by atoms with Gasteiger partial charge in [0.2, 0.25) is 5.75 Å². The summed E-state index contributed by atoms with van der Waals surface area (Å²) in [7, 11) is 0. The summed E-state index contributed by atoms with van der Waals surface area (Å²) in [6, 6.07) is 0.535. The molecule has 1 rings (SSSR count). The van der Waals surface area contributed by atoms with E-state index in [4.69, 9.17) is 5.11 Å². The molecule has 0 atom stereocenters. The van der Waals surface area contributed by atoms with Crippen LogP contribution < -0.4 is 10.3 Å². The molecule has 0 saturated heterocycles. The fraction of sp³-hybridized carbons (Fsp3) is 0.286. The number of aliphatic hydroxyl groups is 1. The molecule has 1 heterocycles. The number of alkyl halides is 3. The molecular weight excluding hydrogens is 249 g/mol. The Morgan fingerprint density at radius 3 is 2.53 bits per heavy atom. The number of pyridine rings is 1. The third kappa shape index (κ3) is 3.17. The summed E-state index contributed by atoms with van der Waals surface area (Å²) in [6.07, 6.45) is -5.18. The number of aromatic nitrogens is 1. The number of H-pyrrole nitrogens is 1. The standard InChI is InChI=1S/C7H5F3N2O5/c8-7(9,10)17-4-1-3(2-13)11-6(14)5(4)12(15)16/h1,13H,2H2,(H,11,14). The Balaban J connectivity index is 3.38. The average Bonchev–Trinajstić information content (AvgIpc) is 2.13. The van der Waals surface area contributed by atoms with E-state index in [-0.39, 0.29) is 5.69 Å². The molecule has 0 aliphatic carbocycles. The lowest BCUT2D eigenvalue weighted by atomic mass is 10.3. The van der Waals surface area contributed by atoms with E-state index in [2.05, 4.69) is 4.74 Å². The molecule has 0 radical (unpaired) electrons. The number of aliphatic hydroxyl groups excluding tert-OH is 1. The molecule has 0 bridgehead atoms. The zero-order valence-electron chi connectivity index (χ0n) is 7.95. The lowest BCUT2D eigenvalue weighted by Crippen LogP contribution is -2.22. The Bertz CT molecular complexity index is 495. The Labute approximate surface area is 90.6 Å². The number of hydrogen-bond acceptors (Lipinski definition) is 5. The van der Waals surface area contributed by atoms with Crippen molar-refractivity contribution in [3.8, 4) is 5.75 Å². The van der Waals surface area contributed by atoms with Crippen LogP contribution >= 0.6 is 0 Å². The highest BCUT2D eigenvalue weighted by Crippen LogP contribution is 2.29. The Morgan fingerprint density at radius 2 is 2.12 bits per heavy atom. The summed E-state index contributed by atoms with van der Waals surface area (Å²) in [5, 5.41) is 19.0. The maximum absolute atomic E-state index is 11.9. The first kappa shape index (κ1) is 13.0. The van der Waals surface area contributed by atoms with Crippen LogP contribution in [0.25, 0.3) is 0 Å². The van der Waals surface area contributed by atoms with Crippen molar-refractivity contribution in [2.45, 2.75) is 13.0 Å². The second kappa shape index (κ2) is 4.41. The Kier molecular flexibility index (Phi) is 3.36. The van der Waals surface area contributed by atoms with E-state index < -0.39 is 34.9 Å². The van der Waals surface area contributed by atoms with Crippen LogP contribution in [0.1, 0.15) is 5.69 Å². The van der Waals surface area contributed by atoms with E-state index in [1.165, 1.54) is 0 Å². The predicted octanol–water partition coefficient (Wildman–Crippen LogP) is 0.674. The second-order valence-corrected chi connectivity index (χ2v) is 2.80. The van der Waals surface area contributed by atoms with Crippen molar-refractivity contribution < 1.29 is 27.9 Å². The highest BCUT2D eigenvalue weighted by molar-refractivity contribution is 5.45. The third-order valence-corrected chi connectivity index (χ3v) is 1.61. The molecule has 0 fully saturated rings. The molecule has 1 aromatic rings. The largest absolute Gasteiger partial charge is 0.573 e. The summed E-state index contributed by atoms with van der Waals surface area (Å²) in [6.45, 7) is -0.790. The van der Waals surface area contributed by atoms with Crippen LogP contribution in [0, 0.1) is 10.1 Å². The Hall–Kier alpha value is -2.10. The SMILES string of the molecule is O=c1[nH]c(CO)cc(OC(F)(F)F)c1[N+](=O)[O-]. The van der Waals surface area contributed by atoms with Crippen LogP contribution in [0.4, 0.5) is 18.9 Å². The van der Waals surface area contributed by atoms with Gasteiger partial charge in [-0.05, 0) is 0 Å². The molecule has 7 nitrogen and oxygen atoms in total. The zero-order valence-corrected chi connectivity index (χ0v) is 7.95. The monoisotopic (exact) mass is 254 g/mol. The van der Waals surface area contributed by atoms with Crippen molar-refractivity contribution in [2.75, 3.05) is 0 Å². The fourth-order valence-corrected chi connectivity index (χ4v) is 1.04. The molecule has 10 heteroatoms. The van der Waals surface area contributed by atoms with Crippen LogP contribution in [-0.2, 0) is 6.61 Å². The minimum absolute atomic E-state index is 0.333. The van der Waals surface area contributed by atoms with Crippen molar-refractivity contribution in [2.24, 2.45) is 0 Å². The van der Waals surface area contributed by atoms with Crippen LogP contribution in [0.3, 0.4) is 0 Å². The molecular formula is C7H5F3N2O5. The lowest BCUT2D eigenvalue weighted by molar-refractivity contribution is -0.390. The summed E-state index contributed by atoms with van der Waals surface area (Å²) in [5.74, 6) is -1.27. The molecule has 0 spiro atoms. The Morgan fingerprint density at radius 1 is 1.53 bits per heavy atom. The topological polar surface area (TPSA) is 105 Å². The smallest absolute Gasteiger partial charge is 0.398 e. The molecule has 0 aliphatic rings. The van der Waals surface area contributed by atoms with Gasteiger partial charge < -0.3 is 14.8 Å². The average molecular weight is 254 g/mol. The third-order valence-electron chi connectivity index (χ3n) is 1.61. The minimum atomic E-state index is -5.18. The maximum atomic E-state index is 11.9. The minimum Gasteiger partial charge on any atom is -0.398 e. The van der Waals surface area contributed by atoms with Crippen molar-refractivity contribution >= 4 is 5.69 Å². The molecule has 17 heavy (non-hydrogen) atoms. The van der Waals surface area contributed by atoms with Crippen LogP contribution in [0.2, 0.25) is 0 Å². The van der Waals surface area contributed by atoms with Gasteiger partial charge >= 0.3 is 17.6 Å². The van der Waals surface area contributed by atoms with Gasteiger partial charge in [-0.15, -0.1) is 13.2 Å². The van der Waals surface area contributed by atoms with Gasteiger partial charge in [-0.2, -0.15) is 0 Å². The number of hydrogen-bond donors (Lipinski definition) is 2. The second-order valence-electron chi connectivity index (χ2n) is 2.80. The number of rotatable bonds is 3. The van der Waals surface area contributed by atoms with Crippen LogP contribution in [-0.4, -0.2) is 21.4 Å². The van der Waals surface area contributed by atoms with E-state index >= 15 is 0 Å². The first-order chi connectivity index (χ1) is 7.74. The molecule has 0 aliphatic heterocycles. The number of nitro groups is 1. The van der Waals surface area contributed by atoms with Gasteiger partial charge in [-0.3, -0.25) is 14.9 Å². The summed E-state index contributed by atoms with van der Waals surface area (Å²) < 4.78 is 39.1. The maximum Gasteiger partial charge on any atom is 0.573 e. The van der Waals surface area contributed by atoms with Crippen LogP contribution in [0.5, 0.6) is 5.75 Å². The fourth-order valence-electron chi connectivity index (χ4n) is 1.04. The molecule has 2 N–H and O–H groups in total. The molecule has 0 saturated carbocycles. The number of aromatic amines is 1. The highest BCUT2D eigenvalue weighted by atomic mass is 19.4. The van der Waals surface area contributed by atoms with Crippen molar-refractivity contribution in [3.63, 3.8) is 0 Å². The highest BCUT2D eigenvalue weighted by Gasteiger charge is 2.36. The van der Waals surface area contributed by atoms with Gasteiger partial charge in [0, 0.05) is 11.8 Å². The van der Waals surface area contributed by atoms with Gasteiger partial charge in [-0.1, -0.05) is 0 Å². The molecule has 94 valence electrons. The van der Waals surface area contributed by atoms with E-state index in [0.29, 0.717) is 6.07 Å². The van der Waals surface area contributed by atoms with Gasteiger partial charge in [0.1, 0.15) is 0 Å². The van der Waals surface area contributed by atoms with E-state index in [9.17, 15) is 28.1 Å². The van der Waals surface area contributed by atoms with Gasteiger partial charge in [-0.25, -0.2) is 0 Å². The van der Waals surface area contributed by atoms with Gasteiger partial charge in [0.15, 0.2) is 0 Å². The number of halogens is 3.